The van der Waals surface area contributed by atoms with E-state index in [9.17, 15) is 9.59 Å². The van der Waals surface area contributed by atoms with E-state index in [1.165, 1.54) is 0 Å². The third kappa shape index (κ3) is 3.91. The second-order valence-corrected chi connectivity index (χ2v) is 6.75. The molecular formula is C18H26N2O3. The molecule has 1 fully saturated rings. The highest BCUT2D eigenvalue weighted by Gasteiger charge is 2.34. The molecule has 0 aromatic heterocycles. The number of carbonyl (C=O) groups is 2. The third-order valence-corrected chi connectivity index (χ3v) is 4.62. The smallest absolute Gasteiger partial charge is 0.229 e. The Kier molecular flexibility index (Phi) is 5.42. The van der Waals surface area contributed by atoms with E-state index in [2.05, 4.69) is 0 Å². The summed E-state index contributed by atoms with van der Waals surface area (Å²) in [6.45, 7) is 5.30. The molecule has 0 atom stereocenters. The molecule has 5 heteroatoms. The van der Waals surface area contributed by atoms with E-state index in [1.807, 2.05) is 18.7 Å². The highest BCUT2D eigenvalue weighted by molar-refractivity contribution is 5.98. The van der Waals surface area contributed by atoms with Crippen LogP contribution in [0.15, 0.2) is 24.3 Å². The largest absolute Gasteiger partial charge is 0.497 e. The molecule has 1 amide bonds. The average molecular weight is 318 g/mol. The minimum Gasteiger partial charge on any atom is -0.497 e. The van der Waals surface area contributed by atoms with Gasteiger partial charge < -0.3 is 15.4 Å². The van der Waals surface area contributed by atoms with Crippen LogP contribution < -0.4 is 10.5 Å². The topological polar surface area (TPSA) is 72.6 Å². The number of benzene rings is 1. The number of methoxy groups -OCH3 is 1. The van der Waals surface area contributed by atoms with Gasteiger partial charge in [0.15, 0.2) is 5.78 Å². The zero-order valence-corrected chi connectivity index (χ0v) is 14.2. The van der Waals surface area contributed by atoms with E-state index >= 15 is 0 Å². The summed E-state index contributed by atoms with van der Waals surface area (Å²) in [7, 11) is 1.60. The lowest BCUT2D eigenvalue weighted by Crippen LogP contribution is -2.48. The standard InChI is InChI=1S/C18H26N2O3/c1-18(2,12-19)17(22)20-10-8-14(9-11-20)16(21)13-4-6-15(23-3)7-5-13/h4-7,14H,8-12,19H2,1-3H3. The van der Waals surface area contributed by atoms with Crippen molar-refractivity contribution in [2.24, 2.45) is 17.1 Å². The van der Waals surface area contributed by atoms with Crippen molar-refractivity contribution in [3.05, 3.63) is 29.8 Å². The van der Waals surface area contributed by atoms with Gasteiger partial charge >= 0.3 is 0 Å². The molecular weight excluding hydrogens is 292 g/mol. The zero-order valence-electron chi connectivity index (χ0n) is 14.2. The van der Waals surface area contributed by atoms with Crippen LogP contribution in [0.2, 0.25) is 0 Å². The molecule has 0 unspecified atom stereocenters. The van der Waals surface area contributed by atoms with Gasteiger partial charge in [-0.3, -0.25) is 9.59 Å². The minimum atomic E-state index is -0.535. The molecule has 0 radical (unpaired) electrons. The fraction of sp³-hybridized carbons (Fsp3) is 0.556. The summed E-state index contributed by atoms with van der Waals surface area (Å²) in [6.07, 6.45) is 1.41. The molecule has 0 saturated carbocycles. The van der Waals surface area contributed by atoms with Crippen LogP contribution in [0, 0.1) is 11.3 Å². The predicted octanol–water partition coefficient (Wildman–Crippen LogP) is 2.10. The number of hydrogen-bond donors (Lipinski definition) is 1. The molecule has 2 N–H and O–H groups in total. The first kappa shape index (κ1) is 17.5. The van der Waals surface area contributed by atoms with Crippen molar-refractivity contribution in [2.45, 2.75) is 26.7 Å². The lowest BCUT2D eigenvalue weighted by atomic mass is 9.86. The quantitative estimate of drug-likeness (QED) is 0.844. The number of hydrogen-bond acceptors (Lipinski definition) is 4. The maximum absolute atomic E-state index is 12.6. The molecule has 1 aromatic carbocycles. The Balaban J connectivity index is 1.95. The van der Waals surface area contributed by atoms with Crippen LogP contribution in [-0.4, -0.2) is 43.3 Å². The molecule has 0 bridgehead atoms. The number of carbonyl (C=O) groups excluding carboxylic acids is 2. The molecule has 2 rings (SSSR count). The molecule has 1 heterocycles. The van der Waals surface area contributed by atoms with E-state index in [1.54, 1.807) is 31.4 Å². The molecule has 5 nitrogen and oxygen atoms in total. The average Bonchev–Trinajstić information content (AvgIpc) is 2.60. The van der Waals surface area contributed by atoms with Gasteiger partial charge in [0, 0.05) is 31.1 Å². The monoisotopic (exact) mass is 318 g/mol. The van der Waals surface area contributed by atoms with E-state index in [-0.39, 0.29) is 17.6 Å². The van der Waals surface area contributed by atoms with Crippen molar-refractivity contribution in [3.63, 3.8) is 0 Å². The lowest BCUT2D eigenvalue weighted by Gasteiger charge is -2.36. The molecule has 0 spiro atoms. The molecule has 1 saturated heterocycles. The van der Waals surface area contributed by atoms with Gasteiger partial charge in [-0.25, -0.2) is 0 Å². The second kappa shape index (κ2) is 7.13. The van der Waals surface area contributed by atoms with Gasteiger partial charge in [-0.05, 0) is 51.0 Å². The molecule has 1 aliphatic heterocycles. The number of rotatable bonds is 5. The van der Waals surface area contributed by atoms with E-state index in [0.29, 0.717) is 38.0 Å². The lowest BCUT2D eigenvalue weighted by molar-refractivity contribution is -0.141. The van der Waals surface area contributed by atoms with Gasteiger partial charge in [0.2, 0.25) is 5.91 Å². The summed E-state index contributed by atoms with van der Waals surface area (Å²) in [5, 5.41) is 0. The SMILES string of the molecule is COc1ccc(C(=O)C2CCN(C(=O)C(C)(C)CN)CC2)cc1. The number of nitrogens with two attached hydrogens (primary N) is 1. The number of nitrogens with zero attached hydrogens (tertiary/aromatic N) is 1. The maximum atomic E-state index is 12.6. The number of ether oxygens (including phenoxy) is 1. The number of piperidine rings is 1. The number of likely N-dealkylation sites (tertiary alicyclic amines) is 1. The highest BCUT2D eigenvalue weighted by atomic mass is 16.5. The van der Waals surface area contributed by atoms with Crippen molar-refractivity contribution < 1.29 is 14.3 Å². The summed E-state index contributed by atoms with van der Waals surface area (Å²) in [4.78, 5) is 26.8. The first-order valence-corrected chi connectivity index (χ1v) is 8.07. The second-order valence-electron chi connectivity index (χ2n) is 6.75. The summed E-state index contributed by atoms with van der Waals surface area (Å²) >= 11 is 0. The van der Waals surface area contributed by atoms with Gasteiger partial charge in [0.05, 0.1) is 12.5 Å². The van der Waals surface area contributed by atoms with Crippen LogP contribution in [0.5, 0.6) is 5.75 Å². The number of ketones is 1. The van der Waals surface area contributed by atoms with E-state index < -0.39 is 5.41 Å². The van der Waals surface area contributed by atoms with Crippen LogP contribution in [0.25, 0.3) is 0 Å². The van der Waals surface area contributed by atoms with Gasteiger partial charge in [-0.1, -0.05) is 0 Å². The summed E-state index contributed by atoms with van der Waals surface area (Å²) in [5.74, 6) is 0.951. The van der Waals surface area contributed by atoms with Crippen LogP contribution in [-0.2, 0) is 4.79 Å². The fourth-order valence-electron chi connectivity index (χ4n) is 2.85. The van der Waals surface area contributed by atoms with E-state index in [0.717, 1.165) is 5.75 Å². The van der Waals surface area contributed by atoms with Crippen molar-refractivity contribution in [1.29, 1.82) is 0 Å². The summed E-state index contributed by atoms with van der Waals surface area (Å²) in [5.41, 5.74) is 5.85. The van der Waals surface area contributed by atoms with Gasteiger partial charge in [-0.2, -0.15) is 0 Å². The third-order valence-electron chi connectivity index (χ3n) is 4.62. The summed E-state index contributed by atoms with van der Waals surface area (Å²) in [6, 6.07) is 7.21. The number of amides is 1. The van der Waals surface area contributed by atoms with Crippen LogP contribution in [0.1, 0.15) is 37.0 Å². The van der Waals surface area contributed by atoms with Crippen LogP contribution >= 0.6 is 0 Å². The van der Waals surface area contributed by atoms with Crippen molar-refractivity contribution in [2.75, 3.05) is 26.7 Å². The van der Waals surface area contributed by atoms with Crippen LogP contribution in [0.3, 0.4) is 0 Å². The zero-order chi connectivity index (χ0) is 17.0. The molecule has 126 valence electrons. The normalized spacial score (nSPS) is 16.3. The van der Waals surface area contributed by atoms with Crippen molar-refractivity contribution in [3.8, 4) is 5.75 Å². The van der Waals surface area contributed by atoms with Crippen molar-refractivity contribution in [1.82, 2.24) is 4.90 Å². The predicted molar refractivity (Wildman–Crippen MR) is 89.5 cm³/mol. The first-order chi connectivity index (χ1) is 10.9. The van der Waals surface area contributed by atoms with Gasteiger partial charge in [0.25, 0.3) is 0 Å². The first-order valence-electron chi connectivity index (χ1n) is 8.07. The Morgan fingerprint density at radius 2 is 1.78 bits per heavy atom. The molecule has 1 aromatic rings. The Morgan fingerprint density at radius 1 is 1.22 bits per heavy atom. The number of Topliss-reactive ketones (excluding diaryl/α,β-unsaturated/α-hetero) is 1. The summed E-state index contributed by atoms with van der Waals surface area (Å²) < 4.78 is 5.11. The minimum absolute atomic E-state index is 0.0200. The van der Waals surface area contributed by atoms with E-state index in [4.69, 9.17) is 10.5 Å². The van der Waals surface area contributed by atoms with Crippen molar-refractivity contribution >= 4 is 11.7 Å². The Bertz CT molecular complexity index is 558. The fourth-order valence-corrected chi connectivity index (χ4v) is 2.85. The molecule has 1 aliphatic rings. The van der Waals surface area contributed by atoms with Crippen LogP contribution in [0.4, 0.5) is 0 Å². The Labute approximate surface area is 137 Å². The Hall–Kier alpha value is -1.88. The Morgan fingerprint density at radius 3 is 2.26 bits per heavy atom. The van der Waals surface area contributed by atoms with Gasteiger partial charge in [-0.15, -0.1) is 0 Å². The molecule has 0 aliphatic carbocycles. The van der Waals surface area contributed by atoms with Gasteiger partial charge in [0.1, 0.15) is 5.75 Å². The maximum Gasteiger partial charge on any atom is 0.229 e. The molecule has 23 heavy (non-hydrogen) atoms. The highest BCUT2D eigenvalue weighted by Crippen LogP contribution is 2.26.